The monoisotopic (exact) mass is 238 g/mol. The number of hydrogen-bond donors (Lipinski definition) is 0. The number of ketones is 1. The van der Waals surface area contributed by atoms with E-state index in [4.69, 9.17) is 0 Å². The lowest BCUT2D eigenvalue weighted by atomic mass is 9.54. The minimum atomic E-state index is -0.459. The van der Waals surface area contributed by atoms with Crippen LogP contribution in [0.5, 0.6) is 0 Å². The molecule has 0 saturated heterocycles. The number of Topliss-reactive ketones (excluding diaryl/α,β-unsaturated/α-hetero) is 1. The molecule has 2 atom stereocenters. The van der Waals surface area contributed by atoms with Gasteiger partial charge in [-0.25, -0.2) is 0 Å². The molecule has 0 radical (unpaired) electrons. The maximum atomic E-state index is 12.7. The Morgan fingerprint density at radius 2 is 1.72 bits per heavy atom. The second-order valence-corrected chi connectivity index (χ2v) is 6.08. The zero-order chi connectivity index (χ0) is 13.0. The molecule has 3 aliphatic rings. The number of carbonyl (C=O) groups excluding carboxylic acids is 1. The van der Waals surface area contributed by atoms with Gasteiger partial charge in [0.1, 0.15) is 0 Å². The van der Waals surface area contributed by atoms with E-state index in [9.17, 15) is 4.79 Å². The second-order valence-electron chi connectivity index (χ2n) is 6.08. The van der Waals surface area contributed by atoms with Gasteiger partial charge < -0.3 is 0 Å². The molecule has 2 bridgehead atoms. The maximum absolute atomic E-state index is 12.7. The summed E-state index contributed by atoms with van der Waals surface area (Å²) in [6, 6.07) is 10.2. The third kappa shape index (κ3) is 1.30. The van der Waals surface area contributed by atoms with Gasteiger partial charge in [0.25, 0.3) is 0 Å². The number of rotatable bonds is 1. The van der Waals surface area contributed by atoms with Crippen LogP contribution in [-0.4, -0.2) is 5.78 Å². The van der Waals surface area contributed by atoms with Crippen LogP contribution in [0.25, 0.3) is 5.57 Å². The highest BCUT2D eigenvalue weighted by Crippen LogP contribution is 2.54. The van der Waals surface area contributed by atoms with Crippen molar-refractivity contribution >= 4 is 11.4 Å². The van der Waals surface area contributed by atoms with Gasteiger partial charge >= 0.3 is 0 Å². The maximum Gasteiger partial charge on any atom is 0.153 e. The van der Waals surface area contributed by atoms with E-state index in [1.165, 1.54) is 11.1 Å². The average Bonchev–Trinajstić information content (AvgIpc) is 2.37. The largest absolute Gasteiger partial charge is 0.298 e. The van der Waals surface area contributed by atoms with Crippen LogP contribution < -0.4 is 0 Å². The fourth-order valence-corrected chi connectivity index (χ4v) is 3.28. The first-order valence-corrected chi connectivity index (χ1v) is 6.48. The summed E-state index contributed by atoms with van der Waals surface area (Å²) in [6.07, 6.45) is 6.55. The third-order valence-electron chi connectivity index (χ3n) is 4.52. The molecule has 0 amide bonds. The van der Waals surface area contributed by atoms with Gasteiger partial charge in [-0.3, -0.25) is 4.79 Å². The highest BCUT2D eigenvalue weighted by molar-refractivity contribution is 6.06. The predicted octanol–water partition coefficient (Wildman–Crippen LogP) is 3.87. The molecule has 0 N–H and O–H groups in total. The van der Waals surface area contributed by atoms with Crippen LogP contribution >= 0.6 is 0 Å². The summed E-state index contributed by atoms with van der Waals surface area (Å²) in [4.78, 5) is 12.7. The van der Waals surface area contributed by atoms with Gasteiger partial charge in [-0.1, -0.05) is 62.4 Å². The van der Waals surface area contributed by atoms with Gasteiger partial charge in [-0.15, -0.1) is 0 Å². The molecule has 3 aliphatic carbocycles. The number of hydrogen-bond acceptors (Lipinski definition) is 1. The Labute approximate surface area is 108 Å². The first kappa shape index (κ1) is 11.5. The lowest BCUT2D eigenvalue weighted by Gasteiger charge is -2.47. The fourth-order valence-electron chi connectivity index (χ4n) is 3.28. The van der Waals surface area contributed by atoms with Crippen LogP contribution in [0.2, 0.25) is 0 Å². The predicted molar refractivity (Wildman–Crippen MR) is 73.9 cm³/mol. The number of carbonyl (C=O) groups is 1. The molecular formula is C17H18O. The zero-order valence-corrected chi connectivity index (χ0v) is 11.1. The quantitative estimate of drug-likeness (QED) is 0.679. The molecule has 0 spiro atoms. The molecule has 1 aromatic rings. The molecule has 1 aromatic carbocycles. The molecule has 0 fully saturated rings. The van der Waals surface area contributed by atoms with Gasteiger partial charge in [0.15, 0.2) is 5.78 Å². The van der Waals surface area contributed by atoms with Gasteiger partial charge in [-0.05, 0) is 18.1 Å². The molecule has 0 unspecified atom stereocenters. The van der Waals surface area contributed by atoms with Crippen molar-refractivity contribution in [2.45, 2.75) is 20.8 Å². The summed E-state index contributed by atoms with van der Waals surface area (Å²) in [5.41, 5.74) is 1.60. The molecular weight excluding hydrogens is 220 g/mol. The van der Waals surface area contributed by atoms with Crippen molar-refractivity contribution in [1.29, 1.82) is 0 Å². The van der Waals surface area contributed by atoms with Gasteiger partial charge in [-0.2, -0.15) is 0 Å². The Kier molecular flexibility index (Phi) is 2.19. The molecule has 0 heterocycles. The van der Waals surface area contributed by atoms with Crippen molar-refractivity contribution in [1.82, 2.24) is 0 Å². The molecule has 1 nitrogen and oxygen atoms in total. The van der Waals surface area contributed by atoms with Crippen LogP contribution in [-0.2, 0) is 4.79 Å². The molecule has 4 rings (SSSR count). The Balaban J connectivity index is 2.18. The Bertz CT molecular complexity index is 563. The zero-order valence-electron chi connectivity index (χ0n) is 11.1. The SMILES string of the molecule is CC1(C)C(=O)[C@@]2(C)C=C[C@@H]1C=C2c1ccccc1. The average molecular weight is 238 g/mol. The van der Waals surface area contributed by atoms with Crippen molar-refractivity contribution in [2.75, 3.05) is 0 Å². The van der Waals surface area contributed by atoms with Crippen molar-refractivity contribution in [3.8, 4) is 0 Å². The molecule has 0 aromatic heterocycles. The Hall–Kier alpha value is -1.63. The van der Waals surface area contributed by atoms with Gasteiger partial charge in [0.2, 0.25) is 0 Å². The van der Waals surface area contributed by atoms with Crippen molar-refractivity contribution in [3.05, 3.63) is 54.1 Å². The van der Waals surface area contributed by atoms with E-state index in [1.54, 1.807) is 0 Å². The number of fused-ring (bicyclic) bond motifs is 1. The Morgan fingerprint density at radius 3 is 2.39 bits per heavy atom. The normalized spacial score (nSPS) is 32.5. The van der Waals surface area contributed by atoms with E-state index in [1.807, 2.05) is 25.1 Å². The number of allylic oxidation sites excluding steroid dienone is 4. The minimum Gasteiger partial charge on any atom is -0.298 e. The van der Waals surface area contributed by atoms with Crippen molar-refractivity contribution in [3.63, 3.8) is 0 Å². The molecule has 18 heavy (non-hydrogen) atoms. The molecule has 0 saturated carbocycles. The van der Waals surface area contributed by atoms with Crippen LogP contribution in [0.1, 0.15) is 26.3 Å². The number of benzene rings is 1. The highest BCUT2D eigenvalue weighted by atomic mass is 16.1. The summed E-state index contributed by atoms with van der Waals surface area (Å²) >= 11 is 0. The smallest absolute Gasteiger partial charge is 0.153 e. The van der Waals surface area contributed by atoms with Crippen molar-refractivity contribution in [2.24, 2.45) is 16.7 Å². The topological polar surface area (TPSA) is 17.1 Å². The Morgan fingerprint density at radius 1 is 1.06 bits per heavy atom. The summed E-state index contributed by atoms with van der Waals surface area (Å²) < 4.78 is 0. The minimum absolute atomic E-state index is 0.224. The third-order valence-corrected chi connectivity index (χ3v) is 4.52. The second kappa shape index (κ2) is 3.44. The standard InChI is InChI=1S/C17H18O/c1-16(2)13-9-10-17(3,15(16)18)14(11-13)12-7-5-4-6-8-12/h4-11,13H,1-3H3/t13-,17+/m1/s1. The van der Waals surface area contributed by atoms with E-state index >= 15 is 0 Å². The van der Waals surface area contributed by atoms with E-state index in [0.717, 1.165) is 0 Å². The summed E-state index contributed by atoms with van der Waals surface area (Å²) in [6.45, 7) is 6.15. The lowest BCUT2D eigenvalue weighted by molar-refractivity contribution is -0.134. The molecule has 92 valence electrons. The first-order chi connectivity index (χ1) is 8.46. The van der Waals surface area contributed by atoms with E-state index in [-0.39, 0.29) is 11.3 Å². The van der Waals surface area contributed by atoms with Gasteiger partial charge in [0, 0.05) is 11.3 Å². The van der Waals surface area contributed by atoms with Crippen LogP contribution in [0.4, 0.5) is 0 Å². The fraction of sp³-hybridized carbons (Fsp3) is 0.353. The van der Waals surface area contributed by atoms with Crippen molar-refractivity contribution < 1.29 is 4.79 Å². The van der Waals surface area contributed by atoms with Crippen LogP contribution in [0.3, 0.4) is 0 Å². The van der Waals surface area contributed by atoms with Crippen LogP contribution in [0, 0.1) is 16.7 Å². The molecule has 1 heteroatoms. The molecule has 0 aliphatic heterocycles. The van der Waals surface area contributed by atoms with E-state index < -0.39 is 5.41 Å². The summed E-state index contributed by atoms with van der Waals surface area (Å²) in [7, 11) is 0. The first-order valence-electron chi connectivity index (χ1n) is 6.48. The van der Waals surface area contributed by atoms with Gasteiger partial charge in [0.05, 0.1) is 5.41 Å². The van der Waals surface area contributed by atoms with E-state index in [0.29, 0.717) is 5.78 Å². The van der Waals surface area contributed by atoms with Crippen LogP contribution in [0.15, 0.2) is 48.6 Å². The summed E-state index contributed by atoms with van der Waals surface area (Å²) in [5, 5.41) is 0. The highest BCUT2D eigenvalue weighted by Gasteiger charge is 2.52. The van der Waals surface area contributed by atoms with E-state index in [2.05, 4.69) is 44.2 Å². The lowest BCUT2D eigenvalue weighted by Crippen LogP contribution is -2.48. The summed E-state index contributed by atoms with van der Waals surface area (Å²) in [5.74, 6) is 0.561.